The highest BCUT2D eigenvalue weighted by atomic mass is 16.1. The largest absolute Gasteiger partial charge is 0.329 e. The van der Waals surface area contributed by atoms with Crippen LogP contribution in [0.3, 0.4) is 0 Å². The van der Waals surface area contributed by atoms with Crippen molar-refractivity contribution in [3.8, 4) is 0 Å². The minimum Gasteiger partial charge on any atom is -0.329 e. The molecule has 0 radical (unpaired) electrons. The van der Waals surface area contributed by atoms with E-state index < -0.39 is 0 Å². The predicted octanol–water partition coefficient (Wildman–Crippen LogP) is 3.25. The van der Waals surface area contributed by atoms with E-state index in [0.29, 0.717) is 5.56 Å². The van der Waals surface area contributed by atoms with Crippen molar-refractivity contribution in [3.05, 3.63) is 47.7 Å². The Kier molecular flexibility index (Phi) is 3.88. The highest BCUT2D eigenvalue weighted by Gasteiger charge is 2.13. The lowest BCUT2D eigenvalue weighted by atomic mass is 9.87. The summed E-state index contributed by atoms with van der Waals surface area (Å²) < 4.78 is 0. The summed E-state index contributed by atoms with van der Waals surface area (Å²) in [5.41, 5.74) is 2.04. The van der Waals surface area contributed by atoms with Crippen LogP contribution in [0.25, 0.3) is 0 Å². The molecule has 0 saturated heterocycles. The van der Waals surface area contributed by atoms with Gasteiger partial charge in [0.15, 0.2) is 0 Å². The first-order valence-corrected chi connectivity index (χ1v) is 5.47. The molecular formula is C14H19NO. The van der Waals surface area contributed by atoms with Gasteiger partial charge in [-0.3, -0.25) is 4.79 Å². The molecular weight excluding hydrogens is 198 g/mol. The molecule has 1 aromatic rings. The molecule has 0 bridgehead atoms. The van der Waals surface area contributed by atoms with Gasteiger partial charge in [0.2, 0.25) is 0 Å². The van der Waals surface area contributed by atoms with Gasteiger partial charge in [0.25, 0.3) is 5.91 Å². The molecule has 2 nitrogen and oxygen atoms in total. The summed E-state index contributed by atoms with van der Waals surface area (Å²) in [5.74, 6) is -0.0708. The molecule has 1 aromatic carbocycles. The molecule has 0 unspecified atom stereocenters. The molecule has 86 valence electrons. The van der Waals surface area contributed by atoms with E-state index in [1.165, 1.54) is 5.56 Å². The zero-order valence-electron chi connectivity index (χ0n) is 10.4. The molecule has 0 aliphatic rings. The summed E-state index contributed by atoms with van der Waals surface area (Å²) >= 11 is 0. The van der Waals surface area contributed by atoms with Crippen molar-refractivity contribution in [2.45, 2.75) is 33.1 Å². The zero-order chi connectivity index (χ0) is 12.2. The molecule has 0 aliphatic heterocycles. The smallest absolute Gasteiger partial charge is 0.255 e. The molecule has 0 saturated carbocycles. The fourth-order valence-corrected chi connectivity index (χ4v) is 1.36. The standard InChI is InChI=1S/C14H19NO/c1-5-10-15-13(16)11-6-8-12(9-7-11)14(2,3)4/h5-10H,1-4H3,(H,15,16)/b10-5+. The molecule has 16 heavy (non-hydrogen) atoms. The van der Waals surface area contributed by atoms with Crippen LogP contribution in [0.5, 0.6) is 0 Å². The van der Waals surface area contributed by atoms with Crippen molar-refractivity contribution in [3.63, 3.8) is 0 Å². The summed E-state index contributed by atoms with van der Waals surface area (Å²) in [4.78, 5) is 11.6. The predicted molar refractivity (Wildman–Crippen MR) is 67.4 cm³/mol. The highest BCUT2D eigenvalue weighted by molar-refractivity contribution is 5.94. The first-order chi connectivity index (χ1) is 7.45. The fraction of sp³-hybridized carbons (Fsp3) is 0.357. The summed E-state index contributed by atoms with van der Waals surface area (Å²) in [7, 11) is 0. The lowest BCUT2D eigenvalue weighted by Crippen LogP contribution is -2.17. The van der Waals surface area contributed by atoms with Crippen molar-refractivity contribution in [2.24, 2.45) is 0 Å². The molecule has 0 atom stereocenters. The Labute approximate surface area is 97.4 Å². The third-order valence-electron chi connectivity index (χ3n) is 2.39. The maximum Gasteiger partial charge on any atom is 0.255 e. The molecule has 2 heteroatoms. The van der Waals surface area contributed by atoms with Crippen molar-refractivity contribution in [2.75, 3.05) is 0 Å². The SMILES string of the molecule is C/C=C/NC(=O)c1ccc(C(C)(C)C)cc1. The van der Waals surface area contributed by atoms with Gasteiger partial charge >= 0.3 is 0 Å². The van der Waals surface area contributed by atoms with Crippen LogP contribution in [0.2, 0.25) is 0 Å². The van der Waals surface area contributed by atoms with Crippen molar-refractivity contribution in [1.82, 2.24) is 5.32 Å². The van der Waals surface area contributed by atoms with Crippen molar-refractivity contribution >= 4 is 5.91 Å². The quantitative estimate of drug-likeness (QED) is 0.809. The maximum absolute atomic E-state index is 11.6. The topological polar surface area (TPSA) is 29.1 Å². The van der Waals surface area contributed by atoms with Crippen LogP contribution >= 0.6 is 0 Å². The second-order valence-corrected chi connectivity index (χ2v) is 4.80. The Balaban J connectivity index is 2.83. The number of benzene rings is 1. The summed E-state index contributed by atoms with van der Waals surface area (Å²) in [6, 6.07) is 7.73. The molecule has 0 heterocycles. The number of carbonyl (C=O) groups excluding carboxylic acids is 1. The molecule has 1 amide bonds. The molecule has 0 fully saturated rings. The minimum absolute atomic E-state index is 0.0708. The Morgan fingerprint density at radius 1 is 1.19 bits per heavy atom. The number of carbonyl (C=O) groups is 1. The normalized spacial score (nSPS) is 11.8. The zero-order valence-corrected chi connectivity index (χ0v) is 10.4. The van der Waals surface area contributed by atoms with Crippen molar-refractivity contribution < 1.29 is 4.79 Å². The van der Waals surface area contributed by atoms with E-state index in [4.69, 9.17) is 0 Å². The van der Waals surface area contributed by atoms with Crippen LogP contribution in [-0.2, 0) is 5.41 Å². The van der Waals surface area contributed by atoms with Gasteiger partial charge in [-0.05, 0) is 36.2 Å². The second-order valence-electron chi connectivity index (χ2n) is 4.80. The van der Waals surface area contributed by atoms with Crippen LogP contribution in [0.4, 0.5) is 0 Å². The van der Waals surface area contributed by atoms with E-state index >= 15 is 0 Å². The first kappa shape index (κ1) is 12.5. The Morgan fingerprint density at radius 2 is 1.75 bits per heavy atom. The van der Waals surface area contributed by atoms with Crippen LogP contribution in [0.1, 0.15) is 43.6 Å². The lowest BCUT2D eigenvalue weighted by molar-refractivity contribution is 0.0970. The number of nitrogens with one attached hydrogen (secondary N) is 1. The Morgan fingerprint density at radius 3 is 2.19 bits per heavy atom. The average molecular weight is 217 g/mol. The first-order valence-electron chi connectivity index (χ1n) is 5.47. The van der Waals surface area contributed by atoms with Gasteiger partial charge in [0.05, 0.1) is 0 Å². The van der Waals surface area contributed by atoms with Gasteiger partial charge in [-0.25, -0.2) is 0 Å². The Hall–Kier alpha value is -1.57. The van der Waals surface area contributed by atoms with E-state index in [9.17, 15) is 4.79 Å². The summed E-state index contributed by atoms with van der Waals surface area (Å²) in [6.07, 6.45) is 3.43. The number of hydrogen-bond donors (Lipinski definition) is 1. The molecule has 0 spiro atoms. The van der Waals surface area contributed by atoms with Crippen LogP contribution < -0.4 is 5.32 Å². The third-order valence-corrected chi connectivity index (χ3v) is 2.39. The number of rotatable bonds is 2. The van der Waals surface area contributed by atoms with E-state index in [1.807, 2.05) is 31.2 Å². The summed E-state index contributed by atoms with van der Waals surface area (Å²) in [5, 5.41) is 2.69. The van der Waals surface area contributed by atoms with E-state index in [2.05, 4.69) is 26.1 Å². The third kappa shape index (κ3) is 3.23. The molecule has 0 aromatic heterocycles. The van der Waals surface area contributed by atoms with E-state index in [1.54, 1.807) is 12.3 Å². The average Bonchev–Trinajstić information content (AvgIpc) is 2.25. The van der Waals surface area contributed by atoms with Gasteiger partial charge in [-0.15, -0.1) is 0 Å². The number of amides is 1. The highest BCUT2D eigenvalue weighted by Crippen LogP contribution is 2.22. The van der Waals surface area contributed by atoms with Gasteiger partial charge in [0, 0.05) is 5.56 Å². The maximum atomic E-state index is 11.6. The van der Waals surface area contributed by atoms with E-state index in [0.717, 1.165) is 0 Å². The van der Waals surface area contributed by atoms with Crippen LogP contribution in [0, 0.1) is 0 Å². The molecule has 1 rings (SSSR count). The van der Waals surface area contributed by atoms with Crippen molar-refractivity contribution in [1.29, 1.82) is 0 Å². The Bertz CT molecular complexity index is 382. The van der Waals surface area contributed by atoms with Gasteiger partial charge in [0.1, 0.15) is 0 Å². The minimum atomic E-state index is -0.0708. The lowest BCUT2D eigenvalue weighted by Gasteiger charge is -2.18. The van der Waals surface area contributed by atoms with Gasteiger partial charge in [-0.2, -0.15) is 0 Å². The van der Waals surface area contributed by atoms with E-state index in [-0.39, 0.29) is 11.3 Å². The van der Waals surface area contributed by atoms with Gasteiger partial charge < -0.3 is 5.32 Å². The number of allylic oxidation sites excluding steroid dienone is 1. The second kappa shape index (κ2) is 4.97. The fourth-order valence-electron chi connectivity index (χ4n) is 1.36. The van der Waals surface area contributed by atoms with Crippen LogP contribution in [0.15, 0.2) is 36.5 Å². The number of hydrogen-bond acceptors (Lipinski definition) is 1. The van der Waals surface area contributed by atoms with Crippen LogP contribution in [-0.4, -0.2) is 5.91 Å². The molecule has 1 N–H and O–H groups in total. The summed E-state index contributed by atoms with van der Waals surface area (Å²) in [6.45, 7) is 8.33. The molecule has 0 aliphatic carbocycles. The van der Waals surface area contributed by atoms with Gasteiger partial charge in [-0.1, -0.05) is 39.0 Å². The monoisotopic (exact) mass is 217 g/mol.